The van der Waals surface area contributed by atoms with Gasteiger partial charge in [-0.15, -0.1) is 98.2 Å². The van der Waals surface area contributed by atoms with E-state index in [1.165, 1.54) is 88.8 Å². The number of fused-ring (bicyclic) bond motifs is 9. The van der Waals surface area contributed by atoms with Crippen LogP contribution in [0, 0.1) is 0 Å². The summed E-state index contributed by atoms with van der Waals surface area (Å²) in [7, 11) is 35.9. The maximum atomic E-state index is 3.18. The van der Waals surface area contributed by atoms with E-state index in [9.17, 15) is 0 Å². The van der Waals surface area contributed by atoms with Crippen LogP contribution < -0.4 is 4.90 Å². The number of aromatic nitrogens is 1. The number of anilines is 3. The van der Waals surface area contributed by atoms with Crippen LogP contribution in [0.1, 0.15) is 49.9 Å². The Kier molecular flexibility index (Phi) is 21.7. The van der Waals surface area contributed by atoms with E-state index in [4.69, 9.17) is 0 Å². The highest BCUT2D eigenvalue weighted by atomic mass is 33.4. The minimum absolute atomic E-state index is 0.0296. The summed E-state index contributed by atoms with van der Waals surface area (Å²) in [5.41, 5.74) is 20.0. The Morgan fingerprint density at radius 2 is 0.779 bits per heavy atom. The molecule has 0 amide bonds. The molecule has 1 heterocycles. The molecule has 1 aromatic heterocycles. The third kappa shape index (κ3) is 12.1. The highest BCUT2D eigenvalue weighted by molar-refractivity contribution is 9.37. The smallest absolute Gasteiger partial charge is 0.0547 e. The highest BCUT2D eigenvalue weighted by Gasteiger charge is 2.44. The van der Waals surface area contributed by atoms with Gasteiger partial charge in [0.2, 0.25) is 0 Å². The van der Waals surface area contributed by atoms with E-state index >= 15 is 0 Å². The molecule has 13 unspecified atom stereocenters. The molecular formula is C54H65N2P21. The molecule has 2 aliphatic carbocycles. The van der Waals surface area contributed by atoms with E-state index in [1.54, 1.807) is 0 Å². The molecule has 9 aromatic rings. The molecule has 0 N–H and O–H groups in total. The van der Waals surface area contributed by atoms with Gasteiger partial charge in [0, 0.05) is 44.0 Å². The van der Waals surface area contributed by atoms with Crippen LogP contribution in [0.2, 0.25) is 0 Å². The van der Waals surface area contributed by atoms with Crippen LogP contribution in [-0.2, 0) is 10.8 Å². The fraction of sp³-hybridized carbons (Fsp3) is 0.111. The zero-order valence-corrected chi connectivity index (χ0v) is 64.8. The van der Waals surface area contributed by atoms with Gasteiger partial charge in [0.05, 0.1) is 28.1 Å². The first kappa shape index (κ1) is 62.4. The van der Waals surface area contributed by atoms with Gasteiger partial charge in [0.15, 0.2) is 0 Å². The van der Waals surface area contributed by atoms with E-state index in [0.29, 0.717) is 0 Å². The first-order chi connectivity index (χ1) is 36.9. The first-order valence-electron chi connectivity index (χ1n) is 24.5. The molecule has 0 radical (unpaired) electrons. The van der Waals surface area contributed by atoms with E-state index in [2.05, 4.69) is 317 Å². The monoisotopic (exact) mass is 1390 g/mol. The molecule has 2 nitrogen and oxygen atoms in total. The molecule has 396 valence electrons. The van der Waals surface area contributed by atoms with Crippen LogP contribution in [-0.4, -0.2) is 4.57 Å². The zero-order valence-electron chi connectivity index (χ0n) is 43.1. The predicted octanol–water partition coefficient (Wildman–Crippen LogP) is 26.5. The Balaban J connectivity index is 0.000000274. The largest absolute Gasteiger partial charge is 0.309 e. The van der Waals surface area contributed by atoms with Crippen molar-refractivity contribution < 1.29 is 0 Å². The quantitative estimate of drug-likeness (QED) is 0.0985. The minimum atomic E-state index is -0.134. The number of hydrogen-bond donors (Lipinski definition) is 0. The van der Waals surface area contributed by atoms with Crippen LogP contribution in [0.5, 0.6) is 0 Å². The van der Waals surface area contributed by atoms with Crippen LogP contribution in [0.3, 0.4) is 0 Å². The van der Waals surface area contributed by atoms with Gasteiger partial charge < -0.3 is 9.47 Å². The standard InChI is InChI=1S/C54H42N2.H23P21/c1-53(2)41-26-12-8-22-38(41)51-43(53)28-17-33-48(51)56(49-34-18-29-44-52(49)39-23-9-13-27-42(39)54(44,3)4)45-30-14-10-21-36(45)37-25-16-32-47-50(37)40-24-11-15-31-46(40)55(47)35-19-6-5-7-20-35;1-12-18(13(2)3)21(19(14(4)5)15(6)7)20(16(8)9)17(10)11/h5-34H,1-4H3;12H,1-11H2. The Morgan fingerprint density at radius 3 is 1.29 bits per heavy atom. The van der Waals surface area contributed by atoms with Crippen LogP contribution in [0.4, 0.5) is 17.1 Å². The van der Waals surface area contributed by atoms with Crippen LogP contribution in [0.25, 0.3) is 60.9 Å². The molecular weight excluding hydrogens is 1330 g/mol. The van der Waals surface area contributed by atoms with Gasteiger partial charge in [0.1, 0.15) is 0 Å². The summed E-state index contributed by atoms with van der Waals surface area (Å²) in [6.45, 7) is 10.3. The second-order valence-corrected chi connectivity index (χ2v) is 101. The second kappa shape index (κ2) is 26.8. The fourth-order valence-corrected chi connectivity index (χ4v) is 263. The van der Waals surface area contributed by atoms with Crippen molar-refractivity contribution in [3.63, 3.8) is 0 Å². The summed E-state index contributed by atoms with van der Waals surface area (Å²) < 4.78 is 2.42. The van der Waals surface area contributed by atoms with Crippen molar-refractivity contribution in [3.05, 3.63) is 204 Å². The molecule has 8 aromatic carbocycles. The summed E-state index contributed by atoms with van der Waals surface area (Å²) in [4.78, 5) is 2.60. The normalized spacial score (nSPS) is 14.7. The lowest BCUT2D eigenvalue weighted by Crippen LogP contribution is -2.17. The van der Waals surface area contributed by atoms with Crippen molar-refractivity contribution >= 4 is 208 Å². The molecule has 0 aliphatic heterocycles. The SMILES string of the molecule is CC1(C)c2ccccc2-c2c(N(c3ccccc3-c3cccc4c3c3ccccc3n4-c3ccccc3)c3cccc4c3-c3ccccc3C4(C)C)cccc21.PPP(P(P)P)P(P(P(P)P)P(P)P)P(P(P)P)P(P)P. The van der Waals surface area contributed by atoms with Crippen molar-refractivity contribution in [1.29, 1.82) is 0 Å². The average Bonchev–Trinajstić information content (AvgIpc) is 4.21. The van der Waals surface area contributed by atoms with Gasteiger partial charge in [-0.05, 0) is 144 Å². The summed E-state index contributed by atoms with van der Waals surface area (Å²) in [5.74, 6) is 0. The number of hydrogen-bond acceptors (Lipinski definition) is 1. The number of nitrogens with zero attached hydrogens (tertiary/aromatic N) is 2. The minimum Gasteiger partial charge on any atom is -0.309 e. The predicted molar refractivity (Wildman–Crippen MR) is 413 cm³/mol. The molecule has 0 spiro atoms. The lowest BCUT2D eigenvalue weighted by atomic mass is 9.82. The van der Waals surface area contributed by atoms with Crippen LogP contribution >= 0.6 is 169 Å². The van der Waals surface area contributed by atoms with Gasteiger partial charge in [0.25, 0.3) is 0 Å². The summed E-state index contributed by atoms with van der Waals surface area (Å²) in [6.07, 6.45) is 0. The average molecular weight is 1390 g/mol. The van der Waals surface area contributed by atoms with E-state index in [1.807, 2.05) is 0 Å². The third-order valence-corrected chi connectivity index (χ3v) is 146. The highest BCUT2D eigenvalue weighted by Crippen LogP contribution is 3.31. The molecule has 2 aliphatic rings. The fourth-order valence-electron chi connectivity index (χ4n) is 11.3. The Hall–Kier alpha value is 2.39. The van der Waals surface area contributed by atoms with Crippen molar-refractivity contribution in [2.45, 2.75) is 38.5 Å². The topological polar surface area (TPSA) is 8.17 Å². The van der Waals surface area contributed by atoms with Crippen molar-refractivity contribution in [3.8, 4) is 39.1 Å². The van der Waals surface area contributed by atoms with Crippen molar-refractivity contribution in [2.24, 2.45) is 0 Å². The maximum absolute atomic E-state index is 3.18. The molecule has 0 bridgehead atoms. The molecule has 0 saturated heterocycles. The lowest BCUT2D eigenvalue weighted by Gasteiger charge is -2.46. The van der Waals surface area contributed by atoms with Gasteiger partial charge in [-0.1, -0.05) is 175 Å². The molecule has 11 rings (SSSR count). The van der Waals surface area contributed by atoms with E-state index in [-0.39, 0.29) is 73.7 Å². The Labute approximate surface area is 494 Å². The first-order valence-corrected chi connectivity index (χ1v) is 62.0. The molecule has 0 saturated carbocycles. The van der Waals surface area contributed by atoms with Gasteiger partial charge >= 0.3 is 0 Å². The van der Waals surface area contributed by atoms with Gasteiger partial charge in [-0.3, -0.25) is 0 Å². The van der Waals surface area contributed by atoms with Crippen molar-refractivity contribution in [1.82, 2.24) is 4.57 Å². The lowest BCUT2D eigenvalue weighted by molar-refractivity contribution is 0.660. The zero-order chi connectivity index (χ0) is 54.7. The third-order valence-electron chi connectivity index (χ3n) is 14.4. The van der Waals surface area contributed by atoms with Crippen molar-refractivity contribution in [2.75, 3.05) is 4.90 Å². The number of benzene rings is 8. The molecule has 77 heavy (non-hydrogen) atoms. The molecule has 23 heteroatoms. The number of rotatable bonds is 14. The summed E-state index contributed by atoms with van der Waals surface area (Å²) in [5, 5.41) is 2.50. The van der Waals surface area contributed by atoms with E-state index < -0.39 is 0 Å². The van der Waals surface area contributed by atoms with E-state index in [0.717, 1.165) is 19.3 Å². The maximum Gasteiger partial charge on any atom is 0.0547 e. The Bertz CT molecular complexity index is 3460. The molecule has 13 atom stereocenters. The van der Waals surface area contributed by atoms with Crippen LogP contribution in [0.15, 0.2) is 182 Å². The second-order valence-electron chi connectivity index (χ2n) is 19.6. The Morgan fingerprint density at radius 1 is 0.377 bits per heavy atom. The van der Waals surface area contributed by atoms with Gasteiger partial charge in [-0.2, -0.15) is 0 Å². The summed E-state index contributed by atoms with van der Waals surface area (Å²) >= 11 is 0. The van der Waals surface area contributed by atoms with Gasteiger partial charge in [-0.25, -0.2) is 0 Å². The number of para-hydroxylation sites is 3. The summed E-state index contributed by atoms with van der Waals surface area (Å²) in [6, 6.07) is 67.5. The molecule has 0 fully saturated rings.